The van der Waals surface area contributed by atoms with E-state index in [1.165, 1.54) is 24.9 Å². The average Bonchev–Trinajstić information content (AvgIpc) is 3.13. The Kier molecular flexibility index (Phi) is 4.21. The van der Waals surface area contributed by atoms with Crippen molar-refractivity contribution in [2.45, 2.75) is 31.6 Å². The van der Waals surface area contributed by atoms with Gasteiger partial charge < -0.3 is 15.2 Å². The molecule has 6 rings (SSSR count). The second-order valence-electron chi connectivity index (χ2n) is 8.67. The van der Waals surface area contributed by atoms with Crippen molar-refractivity contribution in [3.8, 4) is 11.5 Å². The Morgan fingerprint density at radius 2 is 1.91 bits per heavy atom. The molecule has 4 aromatic rings. The first kappa shape index (κ1) is 19.2. The van der Waals surface area contributed by atoms with Crippen LogP contribution in [0.25, 0.3) is 33.5 Å². The molecule has 0 spiro atoms. The predicted molar refractivity (Wildman–Crippen MR) is 119 cm³/mol. The molecule has 2 aromatic heterocycles. The van der Waals surface area contributed by atoms with Crippen LogP contribution in [0.15, 0.2) is 36.4 Å². The lowest BCUT2D eigenvalue weighted by atomic mass is 10.1. The monoisotopic (exact) mass is 436 g/mol. The summed E-state index contributed by atoms with van der Waals surface area (Å²) in [5, 5.41) is 10.7. The molecule has 3 heterocycles. The summed E-state index contributed by atoms with van der Waals surface area (Å²) in [6.07, 6.45) is 3.31. The van der Waals surface area contributed by atoms with Crippen LogP contribution in [0, 0.1) is 5.92 Å². The molecule has 1 saturated heterocycles. The van der Waals surface area contributed by atoms with Crippen molar-refractivity contribution < 1.29 is 13.6 Å². The highest BCUT2D eigenvalue weighted by molar-refractivity contribution is 6.00. The molecule has 2 aromatic carbocycles. The maximum Gasteiger partial charge on any atom is 0.260 e. The first-order valence-electron chi connectivity index (χ1n) is 10.9. The van der Waals surface area contributed by atoms with E-state index in [-0.39, 0.29) is 0 Å². The third-order valence-electron chi connectivity index (χ3n) is 6.38. The molecular formula is C23H22F2N6O. The highest BCUT2D eigenvalue weighted by atomic mass is 19.3. The maximum atomic E-state index is 13.2. The highest BCUT2D eigenvalue weighted by Crippen LogP contribution is 2.49. The fraction of sp³-hybridized carbons (Fsp3) is 0.348. The van der Waals surface area contributed by atoms with Crippen molar-refractivity contribution in [2.75, 3.05) is 23.3 Å². The topological polar surface area (TPSA) is 89.7 Å². The summed E-state index contributed by atoms with van der Waals surface area (Å²) >= 11 is 0. The van der Waals surface area contributed by atoms with E-state index in [0.29, 0.717) is 17.2 Å². The molecule has 1 aliphatic carbocycles. The van der Waals surface area contributed by atoms with E-state index >= 15 is 0 Å². The van der Waals surface area contributed by atoms with Crippen molar-refractivity contribution in [3.63, 3.8) is 0 Å². The molecule has 32 heavy (non-hydrogen) atoms. The molecule has 1 amide bonds. The number of aromatic amines is 2. The number of alkyl halides is 2. The molecule has 164 valence electrons. The van der Waals surface area contributed by atoms with E-state index in [0.717, 1.165) is 35.0 Å². The van der Waals surface area contributed by atoms with E-state index < -0.39 is 24.2 Å². The van der Waals surface area contributed by atoms with Gasteiger partial charge >= 0.3 is 0 Å². The Balaban J connectivity index is 1.31. The smallest absolute Gasteiger partial charge is 0.260 e. The quantitative estimate of drug-likeness (QED) is 0.433. The van der Waals surface area contributed by atoms with Gasteiger partial charge in [0, 0.05) is 36.3 Å². The molecule has 0 bridgehead atoms. The fourth-order valence-electron chi connectivity index (χ4n) is 4.46. The summed E-state index contributed by atoms with van der Waals surface area (Å²) < 4.78 is 26.4. The molecular weight excluding hydrogens is 414 g/mol. The van der Waals surface area contributed by atoms with E-state index in [1.54, 1.807) is 18.2 Å². The second kappa shape index (κ2) is 7.01. The number of piperidine rings is 1. The van der Waals surface area contributed by atoms with Crippen molar-refractivity contribution in [1.29, 1.82) is 0 Å². The van der Waals surface area contributed by atoms with Gasteiger partial charge in [0.15, 0.2) is 5.82 Å². The van der Waals surface area contributed by atoms with Crippen molar-refractivity contribution in [2.24, 2.45) is 5.92 Å². The van der Waals surface area contributed by atoms with Gasteiger partial charge in [-0.05, 0) is 55.7 Å². The first-order valence-corrected chi connectivity index (χ1v) is 10.9. The molecule has 7 nitrogen and oxygen atoms in total. The van der Waals surface area contributed by atoms with Gasteiger partial charge in [0.2, 0.25) is 5.91 Å². The zero-order valence-electron chi connectivity index (χ0n) is 17.3. The number of imidazole rings is 1. The van der Waals surface area contributed by atoms with Crippen molar-refractivity contribution in [3.05, 3.63) is 36.4 Å². The number of carbonyl (C=O) groups is 1. The Morgan fingerprint density at radius 3 is 2.69 bits per heavy atom. The van der Waals surface area contributed by atoms with Crippen LogP contribution in [0.1, 0.15) is 25.7 Å². The largest absolute Gasteiger partial charge is 0.371 e. The number of nitrogens with zero attached hydrogens (tertiary/aromatic N) is 3. The summed E-state index contributed by atoms with van der Waals surface area (Å²) in [5.74, 6) is -4.19. The lowest BCUT2D eigenvalue weighted by Crippen LogP contribution is -2.29. The Bertz CT molecular complexity index is 1340. The van der Waals surface area contributed by atoms with E-state index in [9.17, 15) is 13.6 Å². The minimum absolute atomic E-state index is 0.392. The van der Waals surface area contributed by atoms with Gasteiger partial charge in [-0.1, -0.05) is 0 Å². The van der Waals surface area contributed by atoms with Gasteiger partial charge in [0.25, 0.3) is 5.92 Å². The number of hydrogen-bond donors (Lipinski definition) is 3. The zero-order chi connectivity index (χ0) is 21.9. The van der Waals surface area contributed by atoms with Gasteiger partial charge in [-0.2, -0.15) is 5.10 Å². The SMILES string of the molecule is O=C(Nc1ccc2[nH]nc(-c3nc4ccc(N5CCCCC5)cc4[nH]3)c2c1)C1CC1(F)F. The number of aromatic nitrogens is 4. The Hall–Kier alpha value is -3.49. The van der Waals surface area contributed by atoms with Gasteiger partial charge in [-0.3, -0.25) is 9.89 Å². The standard InChI is InChI=1S/C23H22F2N6O/c24-23(25)12-16(23)22(32)26-13-4-6-17-15(10-13)20(30-29-17)21-27-18-7-5-14(11-19(18)28-21)31-8-2-1-3-9-31/h4-7,10-11,16H,1-3,8-9,12H2,(H,26,32)(H,27,28)(H,29,30). The van der Waals surface area contributed by atoms with Gasteiger partial charge in [0.05, 0.1) is 16.6 Å². The molecule has 2 fully saturated rings. The molecule has 0 radical (unpaired) electrons. The minimum atomic E-state index is -2.89. The van der Waals surface area contributed by atoms with Crippen LogP contribution in [0.3, 0.4) is 0 Å². The Labute approximate surface area is 182 Å². The molecule has 9 heteroatoms. The van der Waals surface area contributed by atoms with Crippen LogP contribution >= 0.6 is 0 Å². The fourth-order valence-corrected chi connectivity index (χ4v) is 4.46. The van der Waals surface area contributed by atoms with Crippen LogP contribution in [-0.2, 0) is 4.79 Å². The summed E-state index contributed by atoms with van der Waals surface area (Å²) in [4.78, 5) is 22.5. The maximum absolute atomic E-state index is 13.2. The average molecular weight is 436 g/mol. The number of halogens is 2. The number of H-pyrrole nitrogens is 2. The molecule has 1 unspecified atom stereocenters. The number of benzene rings is 2. The summed E-state index contributed by atoms with van der Waals surface area (Å²) in [7, 11) is 0. The number of amides is 1. The van der Waals surface area contributed by atoms with E-state index in [1.807, 2.05) is 6.07 Å². The minimum Gasteiger partial charge on any atom is -0.371 e. The van der Waals surface area contributed by atoms with Gasteiger partial charge in [-0.25, -0.2) is 13.8 Å². The Morgan fingerprint density at radius 1 is 1.09 bits per heavy atom. The zero-order valence-corrected chi connectivity index (χ0v) is 17.3. The number of carbonyl (C=O) groups excluding carboxylic acids is 1. The molecule has 1 saturated carbocycles. The van der Waals surface area contributed by atoms with Gasteiger partial charge in [-0.15, -0.1) is 0 Å². The summed E-state index contributed by atoms with van der Waals surface area (Å²) in [5.41, 5.74) is 4.79. The number of nitrogens with one attached hydrogen (secondary N) is 3. The molecule has 1 atom stereocenters. The van der Waals surface area contributed by atoms with Crippen LogP contribution in [0.4, 0.5) is 20.2 Å². The number of rotatable bonds is 4. The second-order valence-corrected chi connectivity index (χ2v) is 8.67. The van der Waals surface area contributed by atoms with Crippen LogP contribution in [-0.4, -0.2) is 45.1 Å². The van der Waals surface area contributed by atoms with E-state index in [4.69, 9.17) is 4.98 Å². The first-order chi connectivity index (χ1) is 15.5. The highest BCUT2D eigenvalue weighted by Gasteiger charge is 2.61. The van der Waals surface area contributed by atoms with Crippen LogP contribution < -0.4 is 10.2 Å². The van der Waals surface area contributed by atoms with E-state index in [2.05, 4.69) is 37.5 Å². The molecule has 1 aliphatic heterocycles. The van der Waals surface area contributed by atoms with Crippen molar-refractivity contribution in [1.82, 2.24) is 20.2 Å². The summed E-state index contributed by atoms with van der Waals surface area (Å²) in [6.45, 7) is 2.13. The predicted octanol–water partition coefficient (Wildman–Crippen LogP) is 4.69. The number of anilines is 2. The normalized spacial score (nSPS) is 20.1. The number of fused-ring (bicyclic) bond motifs is 2. The lowest BCUT2D eigenvalue weighted by Gasteiger charge is -2.28. The van der Waals surface area contributed by atoms with Crippen LogP contribution in [0.5, 0.6) is 0 Å². The molecule has 2 aliphatic rings. The number of hydrogen-bond acceptors (Lipinski definition) is 4. The van der Waals surface area contributed by atoms with Crippen LogP contribution in [0.2, 0.25) is 0 Å². The van der Waals surface area contributed by atoms with Gasteiger partial charge in [0.1, 0.15) is 11.6 Å². The lowest BCUT2D eigenvalue weighted by molar-refractivity contribution is -0.119. The summed E-state index contributed by atoms with van der Waals surface area (Å²) in [6, 6.07) is 11.4. The third-order valence-corrected chi connectivity index (χ3v) is 6.38. The van der Waals surface area contributed by atoms with Crippen molar-refractivity contribution >= 4 is 39.2 Å². The third kappa shape index (κ3) is 3.28. The molecule has 3 N–H and O–H groups in total.